The van der Waals surface area contributed by atoms with Gasteiger partial charge in [0.2, 0.25) is 0 Å². The van der Waals surface area contributed by atoms with Gasteiger partial charge in [-0.1, -0.05) is 80.0 Å². The summed E-state index contributed by atoms with van der Waals surface area (Å²) in [7, 11) is 0. The quantitative estimate of drug-likeness (QED) is 0.557. The second-order valence-electron chi connectivity index (χ2n) is 7.51. The van der Waals surface area contributed by atoms with Gasteiger partial charge >= 0.3 is 0 Å². The van der Waals surface area contributed by atoms with Crippen molar-refractivity contribution in [3.8, 4) is 11.1 Å². The summed E-state index contributed by atoms with van der Waals surface area (Å²) < 4.78 is 1.16. The smallest absolute Gasteiger partial charge is 0.0253 e. The summed E-state index contributed by atoms with van der Waals surface area (Å²) in [6.07, 6.45) is 2.52. The highest BCUT2D eigenvalue weighted by Gasteiger charge is 2.36. The van der Waals surface area contributed by atoms with Crippen LogP contribution in [0, 0.1) is 0 Å². The standard InChI is InChI=1S/C20H23Br/c1-19(2)11-12-20(3,4)17-13-14(9-10-16(17)19)15-7-5-6-8-18(15)21/h5-10,13H,11-12H2,1-4H3. The molecule has 0 N–H and O–H groups in total. The molecule has 0 radical (unpaired) electrons. The average Bonchev–Trinajstić information content (AvgIpc) is 2.44. The van der Waals surface area contributed by atoms with E-state index in [1.807, 2.05) is 0 Å². The Morgan fingerprint density at radius 1 is 0.810 bits per heavy atom. The third-order valence-electron chi connectivity index (χ3n) is 5.04. The van der Waals surface area contributed by atoms with Crippen LogP contribution in [0.5, 0.6) is 0 Å². The van der Waals surface area contributed by atoms with E-state index in [9.17, 15) is 0 Å². The minimum atomic E-state index is 0.266. The maximum atomic E-state index is 3.68. The molecule has 0 aromatic heterocycles. The van der Waals surface area contributed by atoms with Crippen molar-refractivity contribution in [3.63, 3.8) is 0 Å². The molecule has 1 aliphatic carbocycles. The molecule has 0 amide bonds. The van der Waals surface area contributed by atoms with Gasteiger partial charge in [0.15, 0.2) is 0 Å². The van der Waals surface area contributed by atoms with E-state index in [-0.39, 0.29) is 10.8 Å². The van der Waals surface area contributed by atoms with Gasteiger partial charge in [0.25, 0.3) is 0 Å². The van der Waals surface area contributed by atoms with Crippen LogP contribution < -0.4 is 0 Å². The maximum Gasteiger partial charge on any atom is 0.0253 e. The fourth-order valence-electron chi connectivity index (χ4n) is 3.45. The van der Waals surface area contributed by atoms with Gasteiger partial charge in [0.1, 0.15) is 0 Å². The lowest BCUT2D eigenvalue weighted by molar-refractivity contribution is 0.332. The molecule has 2 aromatic rings. The second-order valence-corrected chi connectivity index (χ2v) is 8.36. The van der Waals surface area contributed by atoms with Crippen molar-refractivity contribution >= 4 is 15.9 Å². The van der Waals surface area contributed by atoms with Crippen LogP contribution in [0.1, 0.15) is 51.7 Å². The number of hydrogen-bond donors (Lipinski definition) is 0. The van der Waals surface area contributed by atoms with Gasteiger partial charge in [-0.2, -0.15) is 0 Å². The van der Waals surface area contributed by atoms with Crippen molar-refractivity contribution < 1.29 is 0 Å². The Hall–Kier alpha value is -1.08. The van der Waals surface area contributed by atoms with E-state index in [2.05, 4.69) is 86.1 Å². The fourth-order valence-corrected chi connectivity index (χ4v) is 3.97. The summed E-state index contributed by atoms with van der Waals surface area (Å²) >= 11 is 3.68. The second kappa shape index (κ2) is 4.98. The molecule has 0 spiro atoms. The molecule has 3 rings (SSSR count). The van der Waals surface area contributed by atoms with E-state index in [1.54, 1.807) is 0 Å². The van der Waals surface area contributed by atoms with E-state index in [0.29, 0.717) is 0 Å². The summed E-state index contributed by atoms with van der Waals surface area (Å²) in [6.45, 7) is 9.51. The number of hydrogen-bond acceptors (Lipinski definition) is 0. The maximum absolute atomic E-state index is 3.68. The first-order chi connectivity index (χ1) is 9.81. The van der Waals surface area contributed by atoms with E-state index in [4.69, 9.17) is 0 Å². The molecule has 0 fully saturated rings. The molecule has 1 heteroatoms. The number of halogens is 1. The molecule has 0 atom stereocenters. The normalized spacial score (nSPS) is 19.1. The van der Waals surface area contributed by atoms with Gasteiger partial charge < -0.3 is 0 Å². The molecule has 0 heterocycles. The van der Waals surface area contributed by atoms with Crippen LogP contribution in [0.25, 0.3) is 11.1 Å². The molecule has 1 aliphatic rings. The van der Waals surface area contributed by atoms with Gasteiger partial charge in [-0.15, -0.1) is 0 Å². The number of rotatable bonds is 1. The van der Waals surface area contributed by atoms with Crippen molar-refractivity contribution in [1.29, 1.82) is 0 Å². The van der Waals surface area contributed by atoms with Gasteiger partial charge in [0, 0.05) is 4.47 Å². The highest BCUT2D eigenvalue weighted by atomic mass is 79.9. The number of fused-ring (bicyclic) bond motifs is 1. The Morgan fingerprint density at radius 2 is 1.43 bits per heavy atom. The minimum Gasteiger partial charge on any atom is -0.0616 e. The fraction of sp³-hybridized carbons (Fsp3) is 0.400. The SMILES string of the molecule is CC1(C)CCC(C)(C)c2cc(-c3ccccc3Br)ccc21. The molecule has 0 aliphatic heterocycles. The Labute approximate surface area is 136 Å². The van der Waals surface area contributed by atoms with Crippen molar-refractivity contribution in [2.75, 3.05) is 0 Å². The van der Waals surface area contributed by atoms with Crippen LogP contribution >= 0.6 is 15.9 Å². The lowest BCUT2D eigenvalue weighted by Crippen LogP contribution is -2.33. The topological polar surface area (TPSA) is 0 Å². The predicted molar refractivity (Wildman–Crippen MR) is 94.9 cm³/mol. The number of benzene rings is 2. The van der Waals surface area contributed by atoms with E-state index in [0.717, 1.165) is 4.47 Å². The largest absolute Gasteiger partial charge is 0.0616 e. The molecule has 2 aromatic carbocycles. The summed E-state index contributed by atoms with van der Waals surface area (Å²) in [6, 6.07) is 15.5. The van der Waals surface area contributed by atoms with Crippen LogP contribution in [0.4, 0.5) is 0 Å². The van der Waals surface area contributed by atoms with Crippen molar-refractivity contribution in [2.24, 2.45) is 0 Å². The Kier molecular flexibility index (Phi) is 3.52. The molecule has 0 saturated heterocycles. The van der Waals surface area contributed by atoms with Crippen LogP contribution in [-0.2, 0) is 10.8 Å². The zero-order chi connectivity index (χ0) is 15.3. The molecule has 0 unspecified atom stereocenters. The summed E-state index contributed by atoms with van der Waals surface area (Å²) in [5.74, 6) is 0. The van der Waals surface area contributed by atoms with Gasteiger partial charge in [-0.3, -0.25) is 0 Å². The highest BCUT2D eigenvalue weighted by molar-refractivity contribution is 9.10. The Balaban J connectivity index is 2.19. The first kappa shape index (κ1) is 14.8. The Morgan fingerprint density at radius 3 is 2.10 bits per heavy atom. The first-order valence-electron chi connectivity index (χ1n) is 7.71. The Bertz CT molecular complexity index is 680. The van der Waals surface area contributed by atoms with Crippen molar-refractivity contribution in [1.82, 2.24) is 0 Å². The zero-order valence-electron chi connectivity index (χ0n) is 13.3. The molecule has 0 nitrogen and oxygen atoms in total. The van der Waals surface area contributed by atoms with E-state index >= 15 is 0 Å². The minimum absolute atomic E-state index is 0.266. The van der Waals surface area contributed by atoms with Crippen LogP contribution in [-0.4, -0.2) is 0 Å². The molecule has 110 valence electrons. The van der Waals surface area contributed by atoms with E-state index in [1.165, 1.54) is 35.1 Å². The molecular formula is C20H23Br. The summed E-state index contributed by atoms with van der Waals surface area (Å²) in [5, 5.41) is 0. The van der Waals surface area contributed by atoms with Gasteiger partial charge in [-0.25, -0.2) is 0 Å². The highest BCUT2D eigenvalue weighted by Crippen LogP contribution is 2.47. The van der Waals surface area contributed by atoms with Crippen molar-refractivity contribution in [3.05, 3.63) is 58.1 Å². The molecule has 0 bridgehead atoms. The van der Waals surface area contributed by atoms with Crippen LogP contribution in [0.3, 0.4) is 0 Å². The van der Waals surface area contributed by atoms with Gasteiger partial charge in [0.05, 0.1) is 0 Å². The van der Waals surface area contributed by atoms with Crippen LogP contribution in [0.2, 0.25) is 0 Å². The molecule has 0 saturated carbocycles. The third-order valence-corrected chi connectivity index (χ3v) is 5.73. The predicted octanol–water partition coefficient (Wildman–Crippen LogP) is 6.47. The van der Waals surface area contributed by atoms with Gasteiger partial charge in [-0.05, 0) is 52.0 Å². The lowest BCUT2D eigenvalue weighted by atomic mass is 9.63. The average molecular weight is 343 g/mol. The molecular weight excluding hydrogens is 320 g/mol. The van der Waals surface area contributed by atoms with E-state index < -0.39 is 0 Å². The monoisotopic (exact) mass is 342 g/mol. The zero-order valence-corrected chi connectivity index (χ0v) is 14.9. The van der Waals surface area contributed by atoms with Crippen molar-refractivity contribution in [2.45, 2.75) is 51.4 Å². The molecule has 21 heavy (non-hydrogen) atoms. The first-order valence-corrected chi connectivity index (χ1v) is 8.50. The summed E-state index contributed by atoms with van der Waals surface area (Å²) in [5.41, 5.74) is 6.19. The summed E-state index contributed by atoms with van der Waals surface area (Å²) in [4.78, 5) is 0. The lowest BCUT2D eigenvalue weighted by Gasteiger charge is -2.42. The van der Waals surface area contributed by atoms with Crippen LogP contribution in [0.15, 0.2) is 46.9 Å². The third kappa shape index (κ3) is 2.57.